The zero-order valence-electron chi connectivity index (χ0n) is 19.2. The van der Waals surface area contributed by atoms with Gasteiger partial charge in [0.25, 0.3) is 0 Å². The van der Waals surface area contributed by atoms with Gasteiger partial charge in [0.2, 0.25) is 0 Å². The summed E-state index contributed by atoms with van der Waals surface area (Å²) in [4.78, 5) is 4.71. The Labute approximate surface area is 189 Å². The van der Waals surface area contributed by atoms with Crippen molar-refractivity contribution in [2.24, 2.45) is 5.92 Å². The Morgan fingerprint density at radius 1 is 0.781 bits per heavy atom. The summed E-state index contributed by atoms with van der Waals surface area (Å²) < 4.78 is 6.38. The first-order valence-electron chi connectivity index (χ1n) is 11.5. The van der Waals surface area contributed by atoms with E-state index in [1.165, 1.54) is 33.0 Å². The lowest BCUT2D eigenvalue weighted by Crippen LogP contribution is -1.95. The number of rotatable bonds is 5. The molecular formula is C30H29NO. The molecule has 2 heterocycles. The molecule has 0 atom stereocenters. The lowest BCUT2D eigenvalue weighted by atomic mass is 9.94. The van der Waals surface area contributed by atoms with Crippen molar-refractivity contribution in [3.8, 4) is 22.4 Å². The smallest absolute Gasteiger partial charge is 0.136 e. The molecule has 5 rings (SSSR count). The van der Waals surface area contributed by atoms with Crippen molar-refractivity contribution in [2.75, 3.05) is 0 Å². The highest BCUT2D eigenvalue weighted by Gasteiger charge is 2.17. The van der Waals surface area contributed by atoms with Crippen LogP contribution in [0.15, 0.2) is 83.4 Å². The first kappa shape index (κ1) is 20.5. The molecule has 5 aromatic rings. The van der Waals surface area contributed by atoms with Crippen molar-refractivity contribution in [2.45, 2.75) is 40.0 Å². The van der Waals surface area contributed by atoms with Gasteiger partial charge < -0.3 is 4.42 Å². The Morgan fingerprint density at radius 2 is 1.59 bits per heavy atom. The molecule has 0 saturated heterocycles. The summed E-state index contributed by atoms with van der Waals surface area (Å²) >= 11 is 0. The fourth-order valence-corrected chi connectivity index (χ4v) is 4.51. The molecule has 0 unspecified atom stereocenters. The molecule has 0 spiro atoms. The number of benzene rings is 3. The minimum atomic E-state index is 0.469. The monoisotopic (exact) mass is 419 g/mol. The van der Waals surface area contributed by atoms with Gasteiger partial charge in [-0.3, -0.25) is 4.98 Å². The summed E-state index contributed by atoms with van der Waals surface area (Å²) in [5.41, 5.74) is 8.94. The summed E-state index contributed by atoms with van der Waals surface area (Å²) in [5.74, 6) is 1.08. The number of furan rings is 1. The summed E-state index contributed by atoms with van der Waals surface area (Å²) in [6, 6.07) is 25.9. The van der Waals surface area contributed by atoms with Crippen LogP contribution in [0.4, 0.5) is 0 Å². The molecule has 160 valence electrons. The number of aromatic nitrogens is 1. The van der Waals surface area contributed by atoms with E-state index in [9.17, 15) is 0 Å². The molecule has 0 amide bonds. The standard InChI is InChI=1S/C30H29NO/c1-19(2)14-21-12-13-31-27(15-21)24-17-25(22-8-6-5-7-9-22)30-26-16-23(20(3)4)10-11-28(26)32-29(30)18-24/h5-13,15-20H,14H2,1-4H3. The van der Waals surface area contributed by atoms with Gasteiger partial charge in [0.05, 0.1) is 5.69 Å². The van der Waals surface area contributed by atoms with Crippen LogP contribution in [0.1, 0.15) is 44.7 Å². The van der Waals surface area contributed by atoms with Crippen molar-refractivity contribution in [1.29, 1.82) is 0 Å². The number of nitrogens with zero attached hydrogens (tertiary/aromatic N) is 1. The number of hydrogen-bond acceptors (Lipinski definition) is 2. The summed E-state index contributed by atoms with van der Waals surface area (Å²) in [5, 5.41) is 2.36. The van der Waals surface area contributed by atoms with E-state index in [0.717, 1.165) is 28.8 Å². The molecule has 0 bridgehead atoms. The van der Waals surface area contributed by atoms with Crippen LogP contribution in [0, 0.1) is 5.92 Å². The number of hydrogen-bond donors (Lipinski definition) is 0. The maximum absolute atomic E-state index is 6.38. The van der Waals surface area contributed by atoms with Crippen molar-refractivity contribution in [3.05, 3.63) is 90.1 Å². The number of fused-ring (bicyclic) bond motifs is 3. The van der Waals surface area contributed by atoms with Crippen molar-refractivity contribution in [1.82, 2.24) is 4.98 Å². The van der Waals surface area contributed by atoms with Crippen LogP contribution in [0.3, 0.4) is 0 Å². The molecule has 2 heteroatoms. The second-order valence-corrected chi connectivity index (χ2v) is 9.42. The predicted molar refractivity (Wildman–Crippen MR) is 135 cm³/mol. The Balaban J connectivity index is 1.78. The highest BCUT2D eigenvalue weighted by molar-refractivity contribution is 6.13. The van der Waals surface area contributed by atoms with E-state index in [1.54, 1.807) is 0 Å². The van der Waals surface area contributed by atoms with Crippen LogP contribution < -0.4 is 0 Å². The van der Waals surface area contributed by atoms with Gasteiger partial charge in [-0.05, 0) is 76.9 Å². The van der Waals surface area contributed by atoms with E-state index in [4.69, 9.17) is 9.40 Å². The Morgan fingerprint density at radius 3 is 2.34 bits per heavy atom. The maximum atomic E-state index is 6.38. The molecule has 0 radical (unpaired) electrons. The highest BCUT2D eigenvalue weighted by Crippen LogP contribution is 2.40. The van der Waals surface area contributed by atoms with Gasteiger partial charge in [0, 0.05) is 22.5 Å². The van der Waals surface area contributed by atoms with E-state index in [1.807, 2.05) is 6.20 Å². The van der Waals surface area contributed by atoms with Crippen LogP contribution >= 0.6 is 0 Å². The molecule has 32 heavy (non-hydrogen) atoms. The Bertz CT molecular complexity index is 1390. The topological polar surface area (TPSA) is 26.0 Å². The van der Waals surface area contributed by atoms with Crippen LogP contribution in [0.25, 0.3) is 44.3 Å². The summed E-state index contributed by atoms with van der Waals surface area (Å²) in [6.07, 6.45) is 2.97. The zero-order chi connectivity index (χ0) is 22.2. The SMILES string of the molecule is CC(C)Cc1ccnc(-c2cc(-c3ccccc3)c3c(c2)oc2ccc(C(C)C)cc23)c1. The predicted octanol–water partition coefficient (Wildman–Crippen LogP) is 8.64. The third-order valence-corrected chi connectivity index (χ3v) is 6.11. The van der Waals surface area contributed by atoms with Crippen molar-refractivity contribution < 1.29 is 4.42 Å². The first-order chi connectivity index (χ1) is 15.5. The van der Waals surface area contributed by atoms with Crippen molar-refractivity contribution >= 4 is 21.9 Å². The van der Waals surface area contributed by atoms with E-state index < -0.39 is 0 Å². The second kappa shape index (κ2) is 8.27. The van der Waals surface area contributed by atoms with Gasteiger partial charge in [-0.1, -0.05) is 64.1 Å². The lowest BCUT2D eigenvalue weighted by molar-refractivity contribution is 0.647. The molecule has 0 fully saturated rings. The molecule has 2 aromatic heterocycles. The average Bonchev–Trinajstić information content (AvgIpc) is 3.16. The minimum Gasteiger partial charge on any atom is -0.456 e. The largest absolute Gasteiger partial charge is 0.456 e. The first-order valence-corrected chi connectivity index (χ1v) is 11.5. The molecule has 0 aliphatic heterocycles. The third kappa shape index (κ3) is 3.82. The van der Waals surface area contributed by atoms with Crippen molar-refractivity contribution in [3.63, 3.8) is 0 Å². The molecule has 0 aliphatic carbocycles. The molecule has 2 nitrogen and oxygen atoms in total. The minimum absolute atomic E-state index is 0.469. The van der Waals surface area contributed by atoms with Crippen LogP contribution in [-0.2, 0) is 6.42 Å². The molecule has 0 saturated carbocycles. The lowest BCUT2D eigenvalue weighted by Gasteiger charge is -2.10. The van der Waals surface area contributed by atoms with E-state index in [2.05, 4.69) is 100 Å². The normalized spacial score (nSPS) is 11.8. The Kier molecular flexibility index (Phi) is 5.30. The van der Waals surface area contributed by atoms with E-state index in [0.29, 0.717) is 11.8 Å². The fourth-order valence-electron chi connectivity index (χ4n) is 4.51. The van der Waals surface area contributed by atoms with E-state index in [-0.39, 0.29) is 0 Å². The molecule has 0 aliphatic rings. The van der Waals surface area contributed by atoms with Gasteiger partial charge in [0.1, 0.15) is 11.2 Å². The van der Waals surface area contributed by atoms with Crippen LogP contribution in [-0.4, -0.2) is 4.98 Å². The maximum Gasteiger partial charge on any atom is 0.136 e. The van der Waals surface area contributed by atoms with Crippen LogP contribution in [0.2, 0.25) is 0 Å². The molecule has 3 aromatic carbocycles. The average molecular weight is 420 g/mol. The summed E-state index contributed by atoms with van der Waals surface area (Å²) in [7, 11) is 0. The van der Waals surface area contributed by atoms with Gasteiger partial charge >= 0.3 is 0 Å². The van der Waals surface area contributed by atoms with E-state index >= 15 is 0 Å². The number of pyridine rings is 1. The highest BCUT2D eigenvalue weighted by atomic mass is 16.3. The zero-order valence-corrected chi connectivity index (χ0v) is 19.2. The second-order valence-electron chi connectivity index (χ2n) is 9.42. The van der Waals surface area contributed by atoms with Gasteiger partial charge in [-0.2, -0.15) is 0 Å². The quantitative estimate of drug-likeness (QED) is 0.285. The van der Waals surface area contributed by atoms with Gasteiger partial charge in [0.15, 0.2) is 0 Å². The molecule has 0 N–H and O–H groups in total. The van der Waals surface area contributed by atoms with Gasteiger partial charge in [-0.15, -0.1) is 0 Å². The fraction of sp³-hybridized carbons (Fsp3) is 0.233. The van der Waals surface area contributed by atoms with Crippen LogP contribution in [0.5, 0.6) is 0 Å². The molecular weight excluding hydrogens is 390 g/mol. The Hall–Kier alpha value is -3.39. The summed E-state index contributed by atoms with van der Waals surface area (Å²) in [6.45, 7) is 8.96. The van der Waals surface area contributed by atoms with Gasteiger partial charge in [-0.25, -0.2) is 0 Å². The third-order valence-electron chi connectivity index (χ3n) is 6.11.